The van der Waals surface area contributed by atoms with Crippen LogP contribution >= 0.6 is 23.4 Å². The summed E-state index contributed by atoms with van der Waals surface area (Å²) < 4.78 is 10.4. The van der Waals surface area contributed by atoms with Crippen molar-refractivity contribution in [2.75, 3.05) is 7.11 Å². The number of carboxylic acids is 1. The first-order chi connectivity index (χ1) is 14.9. The summed E-state index contributed by atoms with van der Waals surface area (Å²) in [6, 6.07) is 11.1. The highest BCUT2D eigenvalue weighted by atomic mass is 35.5. The summed E-state index contributed by atoms with van der Waals surface area (Å²) in [5, 5.41) is 18.7. The van der Waals surface area contributed by atoms with E-state index in [0.717, 1.165) is 11.8 Å². The van der Waals surface area contributed by atoms with Crippen molar-refractivity contribution < 1.29 is 29.0 Å². The molecular weight excluding hydrogens is 446 g/mol. The molecule has 2 N–H and O–H groups in total. The molecule has 0 unspecified atom stereocenters. The van der Waals surface area contributed by atoms with Crippen molar-refractivity contribution >= 4 is 52.6 Å². The zero-order chi connectivity index (χ0) is 22.4. The van der Waals surface area contributed by atoms with Gasteiger partial charge in [0, 0.05) is 0 Å². The predicted octanol–water partition coefficient (Wildman–Crippen LogP) is 2.96. The van der Waals surface area contributed by atoms with Crippen molar-refractivity contribution in [1.29, 1.82) is 0 Å². The minimum atomic E-state index is -1.07. The number of thioether (sulfide) groups is 1. The molecule has 1 heterocycles. The van der Waals surface area contributed by atoms with Crippen molar-refractivity contribution in [1.82, 2.24) is 5.32 Å². The zero-order valence-electron chi connectivity index (χ0n) is 16.1. The molecule has 2 aromatic carbocycles. The Morgan fingerprint density at radius 2 is 2.00 bits per heavy atom. The van der Waals surface area contributed by atoms with Crippen LogP contribution in [0.4, 0.5) is 0 Å². The van der Waals surface area contributed by atoms with Crippen LogP contribution in [0, 0.1) is 0 Å². The lowest BCUT2D eigenvalue weighted by Crippen LogP contribution is -2.26. The van der Waals surface area contributed by atoms with Crippen molar-refractivity contribution in [2.45, 2.75) is 11.7 Å². The van der Waals surface area contributed by atoms with Gasteiger partial charge >= 0.3 is 11.9 Å². The number of benzene rings is 2. The van der Waals surface area contributed by atoms with Crippen molar-refractivity contribution in [3.05, 3.63) is 58.6 Å². The fraction of sp³-hybridized carbons (Fsp3) is 0.150. The van der Waals surface area contributed by atoms with Crippen molar-refractivity contribution in [3.63, 3.8) is 0 Å². The van der Waals surface area contributed by atoms with Crippen LogP contribution < -0.4 is 14.8 Å². The third-order valence-corrected chi connectivity index (χ3v) is 5.34. The summed E-state index contributed by atoms with van der Waals surface area (Å²) in [6.45, 7) is 0. The monoisotopic (exact) mass is 461 g/mol. The number of ether oxygens (including phenoxy) is 2. The molecule has 0 saturated carbocycles. The average molecular weight is 462 g/mol. The first kappa shape index (κ1) is 22.3. The molecule has 0 radical (unpaired) electrons. The number of amidine groups is 1. The molecule has 3 rings (SSSR count). The molecule has 1 saturated heterocycles. The number of halogens is 1. The Labute approximate surface area is 186 Å². The lowest BCUT2D eigenvalue weighted by atomic mass is 10.2. The van der Waals surface area contributed by atoms with Gasteiger partial charge in [-0.2, -0.15) is 5.10 Å². The van der Waals surface area contributed by atoms with E-state index in [0.29, 0.717) is 16.9 Å². The maximum absolute atomic E-state index is 12.3. The molecule has 1 fully saturated rings. The van der Waals surface area contributed by atoms with Crippen LogP contribution in [0.25, 0.3) is 0 Å². The van der Waals surface area contributed by atoms with Crippen LogP contribution in [0.2, 0.25) is 5.02 Å². The van der Waals surface area contributed by atoms with Gasteiger partial charge in [0.15, 0.2) is 5.17 Å². The highest BCUT2D eigenvalue weighted by molar-refractivity contribution is 8.15. The fourth-order valence-corrected chi connectivity index (χ4v) is 3.60. The standard InChI is InChI=1S/C20H16ClN3O6S/c1-29-13-5-3-12(4-6-13)19(28)30-15-7-2-11(8-14(15)21)10-22-24-20-23-18(27)16(31-20)9-17(25)26/h2-8,10,16H,9H2,1H3,(H,25,26)(H,23,24,27)/b22-10-/t16-/m0/s1. The lowest BCUT2D eigenvalue weighted by molar-refractivity contribution is -0.138. The number of carbonyl (C=O) groups excluding carboxylic acids is 2. The quantitative estimate of drug-likeness (QED) is 0.281. The number of aliphatic carboxylic acids is 1. The molecule has 1 aliphatic rings. The Hall–Kier alpha value is -3.37. The molecule has 2 aromatic rings. The van der Waals surface area contributed by atoms with E-state index in [2.05, 4.69) is 15.5 Å². The third kappa shape index (κ3) is 6.06. The molecule has 1 atom stereocenters. The molecule has 0 aliphatic carbocycles. The van der Waals surface area contributed by atoms with Gasteiger partial charge in [0.05, 0.1) is 30.3 Å². The number of hydrogen-bond acceptors (Lipinski definition) is 8. The van der Waals surface area contributed by atoms with Gasteiger partial charge in [-0.05, 0) is 48.0 Å². The largest absolute Gasteiger partial charge is 0.497 e. The van der Waals surface area contributed by atoms with Gasteiger partial charge in [0.2, 0.25) is 5.91 Å². The van der Waals surface area contributed by atoms with E-state index in [4.69, 9.17) is 26.2 Å². The highest BCUT2D eigenvalue weighted by Gasteiger charge is 2.32. The van der Waals surface area contributed by atoms with Crippen molar-refractivity contribution in [2.24, 2.45) is 10.2 Å². The molecule has 1 amide bonds. The van der Waals surface area contributed by atoms with Crippen LogP contribution in [0.15, 0.2) is 52.7 Å². The summed E-state index contributed by atoms with van der Waals surface area (Å²) in [4.78, 5) is 34.6. The van der Waals surface area contributed by atoms with Gasteiger partial charge < -0.3 is 19.9 Å². The number of nitrogens with zero attached hydrogens (tertiary/aromatic N) is 2. The maximum atomic E-state index is 12.3. The van der Waals surface area contributed by atoms with Crippen molar-refractivity contribution in [3.8, 4) is 11.5 Å². The van der Waals surface area contributed by atoms with E-state index in [-0.39, 0.29) is 22.4 Å². The number of hydrogen-bond donors (Lipinski definition) is 2. The summed E-state index contributed by atoms with van der Waals surface area (Å²) in [7, 11) is 1.53. The molecule has 1 aliphatic heterocycles. The number of carboxylic acid groups (broad SMARTS) is 1. The summed E-state index contributed by atoms with van der Waals surface area (Å²) >= 11 is 7.19. The summed E-state index contributed by atoms with van der Waals surface area (Å²) in [5.41, 5.74) is 0.922. The van der Waals surface area contributed by atoms with E-state index < -0.39 is 23.1 Å². The van der Waals surface area contributed by atoms with Gasteiger partial charge in [-0.3, -0.25) is 9.59 Å². The number of rotatable bonds is 7. The average Bonchev–Trinajstić information content (AvgIpc) is 3.08. The van der Waals surface area contributed by atoms with Crippen LogP contribution in [0.5, 0.6) is 11.5 Å². The molecule has 31 heavy (non-hydrogen) atoms. The Morgan fingerprint density at radius 1 is 1.26 bits per heavy atom. The Balaban J connectivity index is 1.62. The summed E-state index contributed by atoms with van der Waals surface area (Å²) in [5.74, 6) is -1.26. The van der Waals surface area contributed by atoms with E-state index >= 15 is 0 Å². The van der Waals surface area contributed by atoms with E-state index in [9.17, 15) is 14.4 Å². The number of amides is 1. The molecule has 0 spiro atoms. The first-order valence-electron chi connectivity index (χ1n) is 8.82. The van der Waals surface area contributed by atoms with Crippen LogP contribution in [0.3, 0.4) is 0 Å². The van der Waals surface area contributed by atoms with Crippen LogP contribution in [0.1, 0.15) is 22.3 Å². The maximum Gasteiger partial charge on any atom is 0.343 e. The van der Waals surface area contributed by atoms with Gasteiger partial charge in [-0.25, -0.2) is 4.79 Å². The van der Waals surface area contributed by atoms with Crippen LogP contribution in [-0.4, -0.2) is 46.7 Å². The Morgan fingerprint density at radius 3 is 2.65 bits per heavy atom. The topological polar surface area (TPSA) is 127 Å². The fourth-order valence-electron chi connectivity index (χ4n) is 2.46. The number of esters is 1. The van der Waals surface area contributed by atoms with Gasteiger partial charge in [-0.15, -0.1) is 5.10 Å². The number of nitrogens with one attached hydrogen (secondary N) is 1. The van der Waals surface area contributed by atoms with Gasteiger partial charge in [-0.1, -0.05) is 23.4 Å². The smallest absolute Gasteiger partial charge is 0.343 e. The minimum Gasteiger partial charge on any atom is -0.497 e. The number of carbonyl (C=O) groups is 3. The molecule has 0 bridgehead atoms. The second-order valence-electron chi connectivity index (χ2n) is 6.15. The SMILES string of the molecule is COc1ccc(C(=O)Oc2ccc(/C=N\N=C3\NC(=O)[C@H](CC(=O)O)S3)cc2Cl)cc1. The van der Waals surface area contributed by atoms with Gasteiger partial charge in [0.1, 0.15) is 16.7 Å². The Bertz CT molecular complexity index is 1070. The molecular formula is C20H16ClN3O6S. The van der Waals surface area contributed by atoms with E-state index in [1.165, 1.54) is 25.5 Å². The Kier molecular flexibility index (Phi) is 7.27. The normalized spacial score (nSPS) is 17.0. The second-order valence-corrected chi connectivity index (χ2v) is 7.75. The van der Waals surface area contributed by atoms with E-state index in [1.54, 1.807) is 30.3 Å². The van der Waals surface area contributed by atoms with E-state index in [1.807, 2.05) is 0 Å². The molecule has 9 nitrogen and oxygen atoms in total. The highest BCUT2D eigenvalue weighted by Crippen LogP contribution is 2.26. The molecule has 0 aromatic heterocycles. The lowest BCUT2D eigenvalue weighted by Gasteiger charge is -2.07. The zero-order valence-corrected chi connectivity index (χ0v) is 17.6. The summed E-state index contributed by atoms with van der Waals surface area (Å²) in [6.07, 6.45) is 1.09. The predicted molar refractivity (Wildman–Crippen MR) is 116 cm³/mol. The molecule has 160 valence electrons. The van der Waals surface area contributed by atoms with Crippen LogP contribution in [-0.2, 0) is 9.59 Å². The minimum absolute atomic E-state index is 0.182. The van der Waals surface area contributed by atoms with Gasteiger partial charge in [0.25, 0.3) is 0 Å². The third-order valence-electron chi connectivity index (χ3n) is 3.98. The first-order valence-corrected chi connectivity index (χ1v) is 10.1. The number of methoxy groups -OCH3 is 1. The molecule has 11 heteroatoms. The second kappa shape index (κ2) is 10.1.